The Labute approximate surface area is 157 Å². The molecule has 1 heterocycles. The van der Waals surface area contributed by atoms with Crippen molar-refractivity contribution in [3.63, 3.8) is 0 Å². The van der Waals surface area contributed by atoms with Crippen LogP contribution in [0.2, 0.25) is 5.02 Å². The van der Waals surface area contributed by atoms with Crippen LogP contribution >= 0.6 is 11.6 Å². The number of esters is 1. The largest absolute Gasteiger partial charge is 0.455 e. The molecule has 0 unspecified atom stereocenters. The molecule has 0 radical (unpaired) electrons. The van der Waals surface area contributed by atoms with Gasteiger partial charge in [-0.3, -0.25) is 10.1 Å². The van der Waals surface area contributed by atoms with E-state index in [0.717, 1.165) is 6.07 Å². The molecule has 0 bridgehead atoms. The standard InChI is InChI=1S/C18H12ClFN2O5/c1-10-15(21-27-17(10)11-2-5-13(20)6-3-11)9-26-18(23)14-7-4-12(19)8-16(14)22(24)25/h2-8H,9H2,1H3. The number of halogens is 2. The van der Waals surface area contributed by atoms with E-state index in [1.54, 1.807) is 6.92 Å². The molecule has 0 N–H and O–H groups in total. The number of benzene rings is 2. The summed E-state index contributed by atoms with van der Waals surface area (Å²) in [7, 11) is 0. The highest BCUT2D eigenvalue weighted by Crippen LogP contribution is 2.27. The number of rotatable bonds is 5. The summed E-state index contributed by atoms with van der Waals surface area (Å²) in [4.78, 5) is 22.6. The number of nitro groups is 1. The highest BCUT2D eigenvalue weighted by molar-refractivity contribution is 6.31. The molecule has 0 fully saturated rings. The van der Waals surface area contributed by atoms with Gasteiger partial charge in [0.25, 0.3) is 5.69 Å². The summed E-state index contributed by atoms with van der Waals surface area (Å²) >= 11 is 5.73. The van der Waals surface area contributed by atoms with E-state index in [1.807, 2.05) is 0 Å². The highest BCUT2D eigenvalue weighted by Gasteiger charge is 2.23. The van der Waals surface area contributed by atoms with Gasteiger partial charge in [-0.2, -0.15) is 0 Å². The van der Waals surface area contributed by atoms with Gasteiger partial charge in [0, 0.05) is 22.2 Å². The number of hydrogen-bond acceptors (Lipinski definition) is 6. The second-order valence-electron chi connectivity index (χ2n) is 5.58. The fourth-order valence-electron chi connectivity index (χ4n) is 2.41. The molecule has 0 aliphatic heterocycles. The Bertz CT molecular complexity index is 1020. The van der Waals surface area contributed by atoms with Gasteiger partial charge in [-0.1, -0.05) is 16.8 Å². The predicted octanol–water partition coefficient (Wildman–Crippen LogP) is 4.71. The number of hydrogen-bond donors (Lipinski definition) is 0. The minimum atomic E-state index is -0.885. The SMILES string of the molecule is Cc1c(COC(=O)c2ccc(Cl)cc2[N+](=O)[O-])noc1-c1ccc(F)cc1. The Balaban J connectivity index is 1.77. The van der Waals surface area contributed by atoms with Crippen molar-refractivity contribution in [3.8, 4) is 11.3 Å². The number of carbonyl (C=O) groups is 1. The van der Waals surface area contributed by atoms with Crippen LogP contribution in [0.3, 0.4) is 0 Å². The van der Waals surface area contributed by atoms with E-state index >= 15 is 0 Å². The van der Waals surface area contributed by atoms with E-state index in [9.17, 15) is 19.3 Å². The molecule has 0 aliphatic rings. The molecular weight excluding hydrogens is 379 g/mol. The first-order chi connectivity index (χ1) is 12.9. The Morgan fingerprint density at radius 2 is 2.00 bits per heavy atom. The van der Waals surface area contributed by atoms with Gasteiger partial charge in [0.2, 0.25) is 0 Å². The van der Waals surface area contributed by atoms with Crippen molar-refractivity contribution in [3.05, 3.63) is 80.2 Å². The number of aromatic nitrogens is 1. The first-order valence-electron chi connectivity index (χ1n) is 7.69. The van der Waals surface area contributed by atoms with Crippen LogP contribution in [-0.4, -0.2) is 16.0 Å². The van der Waals surface area contributed by atoms with Gasteiger partial charge < -0.3 is 9.26 Å². The van der Waals surface area contributed by atoms with Gasteiger partial charge in [0.1, 0.15) is 23.7 Å². The molecule has 9 heteroatoms. The first-order valence-corrected chi connectivity index (χ1v) is 8.06. The summed E-state index contributed by atoms with van der Waals surface area (Å²) in [5.74, 6) is -0.850. The van der Waals surface area contributed by atoms with Crippen molar-refractivity contribution >= 4 is 23.3 Å². The van der Waals surface area contributed by atoms with E-state index in [0.29, 0.717) is 22.6 Å². The molecule has 3 aromatic rings. The van der Waals surface area contributed by atoms with E-state index in [1.165, 1.54) is 36.4 Å². The average Bonchev–Trinajstić information content (AvgIpc) is 3.01. The molecule has 3 rings (SSSR count). The third-order valence-corrected chi connectivity index (χ3v) is 4.08. The topological polar surface area (TPSA) is 95.5 Å². The average molecular weight is 391 g/mol. The molecule has 0 aliphatic carbocycles. The minimum Gasteiger partial charge on any atom is -0.455 e. The molecule has 0 saturated heterocycles. The summed E-state index contributed by atoms with van der Waals surface area (Å²) in [5, 5.41) is 15.1. The molecule has 0 spiro atoms. The fourth-order valence-corrected chi connectivity index (χ4v) is 2.58. The lowest BCUT2D eigenvalue weighted by atomic mass is 10.1. The summed E-state index contributed by atoms with van der Waals surface area (Å²) < 4.78 is 23.4. The third-order valence-electron chi connectivity index (χ3n) is 3.84. The zero-order chi connectivity index (χ0) is 19.6. The number of nitrogens with zero attached hydrogens (tertiary/aromatic N) is 2. The molecule has 27 heavy (non-hydrogen) atoms. The Morgan fingerprint density at radius 3 is 2.67 bits per heavy atom. The number of nitro benzene ring substituents is 1. The van der Waals surface area contributed by atoms with Crippen LogP contribution in [0.4, 0.5) is 10.1 Å². The first kappa shape index (κ1) is 18.5. The van der Waals surface area contributed by atoms with Gasteiger partial charge in [0.15, 0.2) is 5.76 Å². The molecule has 2 aromatic carbocycles. The highest BCUT2D eigenvalue weighted by atomic mass is 35.5. The summed E-state index contributed by atoms with van der Waals surface area (Å²) in [6.45, 7) is 1.47. The summed E-state index contributed by atoms with van der Waals surface area (Å²) in [6.07, 6.45) is 0. The lowest BCUT2D eigenvalue weighted by Gasteiger charge is -2.05. The normalized spacial score (nSPS) is 10.6. The van der Waals surface area contributed by atoms with Crippen LogP contribution in [0.1, 0.15) is 21.6 Å². The Morgan fingerprint density at radius 1 is 1.30 bits per heavy atom. The number of ether oxygens (including phenoxy) is 1. The molecule has 0 atom stereocenters. The van der Waals surface area contributed by atoms with Crippen molar-refractivity contribution in [2.45, 2.75) is 13.5 Å². The second-order valence-corrected chi connectivity index (χ2v) is 6.02. The molecule has 138 valence electrons. The van der Waals surface area contributed by atoms with E-state index < -0.39 is 16.6 Å². The van der Waals surface area contributed by atoms with Crippen LogP contribution < -0.4 is 0 Å². The van der Waals surface area contributed by atoms with Gasteiger partial charge >= 0.3 is 5.97 Å². The van der Waals surface area contributed by atoms with E-state index in [-0.39, 0.29) is 23.0 Å². The van der Waals surface area contributed by atoms with Crippen molar-refractivity contribution in [1.29, 1.82) is 0 Å². The number of carbonyl (C=O) groups excluding carboxylic acids is 1. The van der Waals surface area contributed by atoms with Crippen LogP contribution in [0, 0.1) is 22.9 Å². The molecule has 0 amide bonds. The van der Waals surface area contributed by atoms with Gasteiger partial charge in [-0.15, -0.1) is 0 Å². The molecular formula is C18H12ClFN2O5. The van der Waals surface area contributed by atoms with E-state index in [4.69, 9.17) is 20.9 Å². The maximum Gasteiger partial charge on any atom is 0.345 e. The van der Waals surface area contributed by atoms with Crippen LogP contribution in [0.5, 0.6) is 0 Å². The molecule has 1 aromatic heterocycles. The Hall–Kier alpha value is -3.26. The minimum absolute atomic E-state index is 0.134. The van der Waals surface area contributed by atoms with Crippen molar-refractivity contribution < 1.29 is 23.4 Å². The third kappa shape index (κ3) is 3.95. The smallest absolute Gasteiger partial charge is 0.345 e. The zero-order valence-electron chi connectivity index (χ0n) is 13.9. The fraction of sp³-hybridized carbons (Fsp3) is 0.111. The maximum absolute atomic E-state index is 13.0. The predicted molar refractivity (Wildman–Crippen MR) is 93.9 cm³/mol. The van der Waals surface area contributed by atoms with Crippen LogP contribution in [-0.2, 0) is 11.3 Å². The van der Waals surface area contributed by atoms with Crippen molar-refractivity contribution in [1.82, 2.24) is 5.16 Å². The van der Waals surface area contributed by atoms with Gasteiger partial charge in [-0.05, 0) is 43.3 Å². The van der Waals surface area contributed by atoms with Crippen molar-refractivity contribution in [2.24, 2.45) is 0 Å². The van der Waals surface area contributed by atoms with Gasteiger partial charge in [0.05, 0.1) is 4.92 Å². The summed E-state index contributed by atoms with van der Waals surface area (Å²) in [6, 6.07) is 9.31. The quantitative estimate of drug-likeness (QED) is 0.355. The van der Waals surface area contributed by atoms with Crippen molar-refractivity contribution in [2.75, 3.05) is 0 Å². The lowest BCUT2D eigenvalue weighted by Crippen LogP contribution is -2.09. The monoisotopic (exact) mass is 390 g/mol. The van der Waals surface area contributed by atoms with Gasteiger partial charge in [-0.25, -0.2) is 9.18 Å². The molecule has 0 saturated carbocycles. The lowest BCUT2D eigenvalue weighted by molar-refractivity contribution is -0.385. The van der Waals surface area contributed by atoms with E-state index in [2.05, 4.69) is 5.16 Å². The molecule has 7 nitrogen and oxygen atoms in total. The van der Waals surface area contributed by atoms with Crippen LogP contribution in [0.25, 0.3) is 11.3 Å². The maximum atomic E-state index is 13.0. The Kier molecular flexibility index (Phi) is 5.18. The van der Waals surface area contributed by atoms with Crippen LogP contribution in [0.15, 0.2) is 47.0 Å². The second kappa shape index (κ2) is 7.55. The summed E-state index contributed by atoms with van der Waals surface area (Å²) in [5.41, 5.74) is 0.910. The zero-order valence-corrected chi connectivity index (χ0v) is 14.7.